The van der Waals surface area contributed by atoms with Crippen molar-refractivity contribution in [2.75, 3.05) is 19.6 Å². The summed E-state index contributed by atoms with van der Waals surface area (Å²) in [6.07, 6.45) is 0. The quantitative estimate of drug-likeness (QED) is 0.806. The zero-order chi connectivity index (χ0) is 12.3. The highest BCUT2D eigenvalue weighted by molar-refractivity contribution is 5.15. The van der Waals surface area contributed by atoms with Gasteiger partial charge in [0.15, 0.2) is 0 Å². The van der Waals surface area contributed by atoms with Crippen LogP contribution in [0.15, 0.2) is 30.3 Å². The maximum Gasteiger partial charge on any atom is 0.0295 e. The van der Waals surface area contributed by atoms with E-state index in [-0.39, 0.29) is 11.6 Å². The largest absolute Gasteiger partial charge is 0.325 e. The molecular weight excluding hydrogens is 210 g/mol. The normalized spacial score (nSPS) is 25.5. The predicted molar refractivity (Wildman–Crippen MR) is 71.8 cm³/mol. The zero-order valence-corrected chi connectivity index (χ0v) is 10.8. The van der Waals surface area contributed by atoms with E-state index >= 15 is 0 Å². The Morgan fingerprint density at radius 1 is 1.35 bits per heavy atom. The first kappa shape index (κ1) is 12.6. The Labute approximate surface area is 104 Å². The van der Waals surface area contributed by atoms with E-state index < -0.39 is 0 Å². The van der Waals surface area contributed by atoms with Crippen molar-refractivity contribution in [3.63, 3.8) is 0 Å². The maximum absolute atomic E-state index is 6.10. The van der Waals surface area contributed by atoms with Crippen molar-refractivity contribution in [3.05, 3.63) is 35.9 Å². The lowest BCUT2D eigenvalue weighted by molar-refractivity contribution is 0.120. The van der Waals surface area contributed by atoms with Gasteiger partial charge in [-0.15, -0.1) is 0 Å². The fourth-order valence-electron chi connectivity index (χ4n) is 2.35. The van der Waals surface area contributed by atoms with Crippen LogP contribution < -0.4 is 11.1 Å². The molecule has 3 nitrogen and oxygen atoms in total. The molecule has 0 saturated carbocycles. The van der Waals surface area contributed by atoms with E-state index in [1.165, 1.54) is 5.56 Å². The van der Waals surface area contributed by atoms with Crippen molar-refractivity contribution in [3.8, 4) is 0 Å². The molecule has 1 aromatic rings. The molecule has 3 N–H and O–H groups in total. The van der Waals surface area contributed by atoms with Crippen molar-refractivity contribution >= 4 is 0 Å². The summed E-state index contributed by atoms with van der Waals surface area (Å²) in [5.74, 6) is 0. The second-order valence-corrected chi connectivity index (χ2v) is 5.57. The molecule has 1 aliphatic rings. The molecule has 1 unspecified atom stereocenters. The van der Waals surface area contributed by atoms with Gasteiger partial charge in [0.1, 0.15) is 0 Å². The Balaban J connectivity index is 2.11. The summed E-state index contributed by atoms with van der Waals surface area (Å²) in [6, 6.07) is 10.8. The summed E-state index contributed by atoms with van der Waals surface area (Å²) in [7, 11) is 0. The molecule has 1 heterocycles. The van der Waals surface area contributed by atoms with Gasteiger partial charge in [0.25, 0.3) is 0 Å². The minimum atomic E-state index is 0.157. The number of nitrogens with zero attached hydrogens (tertiary/aromatic N) is 1. The van der Waals surface area contributed by atoms with Crippen LogP contribution in [-0.2, 0) is 6.54 Å². The highest BCUT2D eigenvalue weighted by Crippen LogP contribution is 2.19. The van der Waals surface area contributed by atoms with Gasteiger partial charge in [0, 0.05) is 37.8 Å². The van der Waals surface area contributed by atoms with Crippen LogP contribution in [0.2, 0.25) is 0 Å². The molecule has 1 saturated heterocycles. The third-order valence-corrected chi connectivity index (χ3v) is 3.49. The lowest BCUT2D eigenvalue weighted by atomic mass is 10.0. The second-order valence-electron chi connectivity index (χ2n) is 5.57. The molecule has 1 atom stereocenters. The van der Waals surface area contributed by atoms with Crippen molar-refractivity contribution in [2.24, 2.45) is 5.73 Å². The van der Waals surface area contributed by atoms with Gasteiger partial charge >= 0.3 is 0 Å². The molecule has 0 radical (unpaired) electrons. The molecule has 3 heteroatoms. The van der Waals surface area contributed by atoms with Crippen LogP contribution in [-0.4, -0.2) is 36.1 Å². The van der Waals surface area contributed by atoms with E-state index in [0.717, 1.165) is 26.2 Å². The first-order chi connectivity index (χ1) is 8.08. The monoisotopic (exact) mass is 233 g/mol. The molecule has 0 aliphatic carbocycles. The van der Waals surface area contributed by atoms with Crippen molar-refractivity contribution in [1.29, 1.82) is 0 Å². The first-order valence-electron chi connectivity index (χ1n) is 6.33. The SMILES string of the molecule is CC1(C)CNCC(N)CN1Cc1ccccc1. The molecule has 0 aromatic heterocycles. The molecule has 1 aliphatic heterocycles. The fourth-order valence-corrected chi connectivity index (χ4v) is 2.35. The van der Waals surface area contributed by atoms with Crippen LogP contribution in [0.1, 0.15) is 19.4 Å². The summed E-state index contributed by atoms with van der Waals surface area (Å²) < 4.78 is 0. The lowest BCUT2D eigenvalue weighted by Gasteiger charge is -2.37. The molecule has 94 valence electrons. The van der Waals surface area contributed by atoms with E-state index in [9.17, 15) is 0 Å². The summed E-state index contributed by atoms with van der Waals surface area (Å²) in [4.78, 5) is 2.48. The highest BCUT2D eigenvalue weighted by Gasteiger charge is 2.30. The van der Waals surface area contributed by atoms with E-state index in [1.807, 2.05) is 0 Å². The second kappa shape index (κ2) is 5.17. The van der Waals surface area contributed by atoms with Gasteiger partial charge in [0.05, 0.1) is 0 Å². The Bertz CT molecular complexity index is 348. The highest BCUT2D eigenvalue weighted by atomic mass is 15.2. The number of hydrogen-bond acceptors (Lipinski definition) is 3. The van der Waals surface area contributed by atoms with Crippen LogP contribution in [0.5, 0.6) is 0 Å². The number of nitrogens with one attached hydrogen (secondary N) is 1. The average molecular weight is 233 g/mol. The number of nitrogens with two attached hydrogens (primary N) is 1. The lowest BCUT2D eigenvalue weighted by Crippen LogP contribution is -2.49. The maximum atomic E-state index is 6.10. The van der Waals surface area contributed by atoms with Crippen LogP contribution >= 0.6 is 0 Å². The van der Waals surface area contributed by atoms with E-state index in [1.54, 1.807) is 0 Å². The molecular formula is C14H23N3. The molecule has 0 spiro atoms. The van der Waals surface area contributed by atoms with E-state index in [4.69, 9.17) is 5.73 Å². The van der Waals surface area contributed by atoms with Gasteiger partial charge in [-0.25, -0.2) is 0 Å². The Kier molecular flexibility index (Phi) is 3.82. The topological polar surface area (TPSA) is 41.3 Å². The van der Waals surface area contributed by atoms with Gasteiger partial charge in [-0.1, -0.05) is 30.3 Å². The average Bonchev–Trinajstić information content (AvgIpc) is 2.40. The van der Waals surface area contributed by atoms with Crippen molar-refractivity contribution < 1.29 is 0 Å². The molecule has 1 aromatic carbocycles. The van der Waals surface area contributed by atoms with Gasteiger partial charge in [0.2, 0.25) is 0 Å². The van der Waals surface area contributed by atoms with Gasteiger partial charge < -0.3 is 11.1 Å². The summed E-state index contributed by atoms with van der Waals surface area (Å²) in [6.45, 7) is 8.39. The van der Waals surface area contributed by atoms with Gasteiger partial charge in [-0.2, -0.15) is 0 Å². The zero-order valence-electron chi connectivity index (χ0n) is 10.8. The minimum Gasteiger partial charge on any atom is -0.325 e. The van der Waals surface area contributed by atoms with Crippen LogP contribution in [0.3, 0.4) is 0 Å². The van der Waals surface area contributed by atoms with Gasteiger partial charge in [-0.05, 0) is 19.4 Å². The molecule has 2 rings (SSSR count). The summed E-state index contributed by atoms with van der Waals surface area (Å²) in [5.41, 5.74) is 7.61. The van der Waals surface area contributed by atoms with Gasteiger partial charge in [-0.3, -0.25) is 4.90 Å². The fraction of sp³-hybridized carbons (Fsp3) is 0.571. The predicted octanol–water partition coefficient (Wildman–Crippen LogP) is 1.20. The molecule has 0 amide bonds. The standard InChI is InChI=1S/C14H23N3/c1-14(2)11-16-8-13(15)10-17(14)9-12-6-4-3-5-7-12/h3-7,13,16H,8-11,15H2,1-2H3. The summed E-state index contributed by atoms with van der Waals surface area (Å²) >= 11 is 0. The van der Waals surface area contributed by atoms with Crippen LogP contribution in [0.4, 0.5) is 0 Å². The van der Waals surface area contributed by atoms with Crippen molar-refractivity contribution in [1.82, 2.24) is 10.2 Å². The molecule has 17 heavy (non-hydrogen) atoms. The molecule has 1 fully saturated rings. The third-order valence-electron chi connectivity index (χ3n) is 3.49. The number of rotatable bonds is 2. The van der Waals surface area contributed by atoms with E-state index in [2.05, 4.69) is 54.4 Å². The van der Waals surface area contributed by atoms with Crippen molar-refractivity contribution in [2.45, 2.75) is 32.0 Å². The Morgan fingerprint density at radius 2 is 2.06 bits per heavy atom. The number of hydrogen-bond donors (Lipinski definition) is 2. The molecule has 0 bridgehead atoms. The minimum absolute atomic E-state index is 0.157. The third kappa shape index (κ3) is 3.28. The Hall–Kier alpha value is -0.900. The van der Waals surface area contributed by atoms with Crippen LogP contribution in [0, 0.1) is 0 Å². The number of benzene rings is 1. The smallest absolute Gasteiger partial charge is 0.0295 e. The summed E-state index contributed by atoms with van der Waals surface area (Å²) in [5, 5.41) is 3.44. The first-order valence-corrected chi connectivity index (χ1v) is 6.33. The Morgan fingerprint density at radius 3 is 2.76 bits per heavy atom. The van der Waals surface area contributed by atoms with E-state index in [0.29, 0.717) is 0 Å². The van der Waals surface area contributed by atoms with Crippen LogP contribution in [0.25, 0.3) is 0 Å².